The number of aryl methyl sites for hydroxylation is 1. The minimum absolute atomic E-state index is 0.0395. The molecule has 2 aliphatic rings. The smallest absolute Gasteiger partial charge is 0.296 e. The number of ether oxygens (including phenoxy) is 3. The molecule has 162 valence electrons. The van der Waals surface area contributed by atoms with Gasteiger partial charge in [-0.3, -0.25) is 0 Å². The van der Waals surface area contributed by atoms with E-state index in [4.69, 9.17) is 30.8 Å². The first-order valence-electron chi connectivity index (χ1n) is 10.8. The molecule has 6 rings (SSSR count). The summed E-state index contributed by atoms with van der Waals surface area (Å²) in [5, 5.41) is 0.555. The average Bonchev–Trinajstić information content (AvgIpc) is 3.51. The summed E-state index contributed by atoms with van der Waals surface area (Å²) in [7, 11) is 0. The molecule has 3 atom stereocenters. The summed E-state index contributed by atoms with van der Waals surface area (Å²) in [6.07, 6.45) is 0.814. The van der Waals surface area contributed by atoms with Crippen LogP contribution in [0.5, 0.6) is 6.01 Å². The molecule has 1 N–H and O–H groups in total. The zero-order chi connectivity index (χ0) is 21.7. The van der Waals surface area contributed by atoms with Gasteiger partial charge in [-0.1, -0.05) is 65.7 Å². The van der Waals surface area contributed by atoms with E-state index >= 15 is 0 Å². The predicted octanol–water partition coefficient (Wildman–Crippen LogP) is 5.19. The van der Waals surface area contributed by atoms with Gasteiger partial charge in [0.15, 0.2) is 11.8 Å². The molecule has 2 aliphatic heterocycles. The molecule has 2 aromatic heterocycles. The van der Waals surface area contributed by atoms with Crippen LogP contribution >= 0.6 is 11.6 Å². The molecule has 2 aromatic carbocycles. The first-order chi connectivity index (χ1) is 15.6. The van der Waals surface area contributed by atoms with Gasteiger partial charge in [-0.05, 0) is 30.5 Å². The number of halogens is 1. The molecule has 0 amide bonds. The Balaban J connectivity index is 1.26. The van der Waals surface area contributed by atoms with Gasteiger partial charge in [0.25, 0.3) is 6.01 Å². The number of rotatable bonds is 4. The fraction of sp³-hybridized carbons (Fsp3) is 0.280. The molecule has 4 heterocycles. The normalized spacial score (nSPS) is 22.4. The molecule has 2 saturated heterocycles. The Bertz CT molecular complexity index is 1270. The Morgan fingerprint density at radius 1 is 0.969 bits per heavy atom. The summed E-state index contributed by atoms with van der Waals surface area (Å²) in [6.45, 7) is 3.29. The minimum atomic E-state index is -0.174. The summed E-state index contributed by atoms with van der Waals surface area (Å²) < 4.78 is 17.5. The van der Waals surface area contributed by atoms with Crippen molar-refractivity contribution >= 4 is 22.8 Å². The van der Waals surface area contributed by atoms with Crippen molar-refractivity contribution in [3.63, 3.8) is 0 Å². The van der Waals surface area contributed by atoms with Gasteiger partial charge in [-0.15, -0.1) is 0 Å². The number of fused-ring (bicyclic) bond motifs is 2. The van der Waals surface area contributed by atoms with E-state index in [1.54, 1.807) is 0 Å². The molecule has 2 fully saturated rings. The predicted molar refractivity (Wildman–Crippen MR) is 123 cm³/mol. The third kappa shape index (κ3) is 3.54. The van der Waals surface area contributed by atoms with Gasteiger partial charge in [0.05, 0.1) is 28.9 Å². The van der Waals surface area contributed by atoms with Gasteiger partial charge in [-0.25, -0.2) is 4.98 Å². The Kier molecular flexibility index (Phi) is 4.86. The topological polar surface area (TPSA) is 69.3 Å². The zero-order valence-electron chi connectivity index (χ0n) is 17.5. The van der Waals surface area contributed by atoms with Crippen molar-refractivity contribution in [2.45, 2.75) is 31.7 Å². The van der Waals surface area contributed by atoms with Crippen molar-refractivity contribution in [2.75, 3.05) is 13.2 Å². The molecule has 7 heteroatoms. The van der Waals surface area contributed by atoms with Crippen molar-refractivity contribution in [1.82, 2.24) is 15.0 Å². The standard InChI is InChI=1S/C25H22ClN3O3/c1-14-2-4-15(5-3-14)16-6-8-17(9-7-16)22-18(26)12-19-24(28-22)29-25(27-19)32-21-13-31-20-10-11-30-23(20)21/h2-9,12,20-21,23H,10-11,13H2,1H3,(H,27,28,29)/t20-,21-,23+/m1/s1. The van der Waals surface area contributed by atoms with E-state index < -0.39 is 0 Å². The Labute approximate surface area is 190 Å². The zero-order valence-corrected chi connectivity index (χ0v) is 18.3. The van der Waals surface area contributed by atoms with Gasteiger partial charge in [0.1, 0.15) is 6.10 Å². The van der Waals surface area contributed by atoms with Crippen LogP contribution in [0.4, 0.5) is 0 Å². The second-order valence-corrected chi connectivity index (χ2v) is 8.73. The molecule has 0 aliphatic carbocycles. The highest BCUT2D eigenvalue weighted by atomic mass is 35.5. The molecule has 6 nitrogen and oxygen atoms in total. The number of H-pyrrole nitrogens is 1. The van der Waals surface area contributed by atoms with Crippen LogP contribution in [0.25, 0.3) is 33.5 Å². The monoisotopic (exact) mass is 447 g/mol. The highest BCUT2D eigenvalue weighted by molar-refractivity contribution is 6.33. The van der Waals surface area contributed by atoms with Crippen molar-refractivity contribution < 1.29 is 14.2 Å². The number of pyridine rings is 1. The van der Waals surface area contributed by atoms with Gasteiger partial charge in [0.2, 0.25) is 0 Å². The maximum absolute atomic E-state index is 6.57. The van der Waals surface area contributed by atoms with E-state index in [1.807, 2.05) is 18.2 Å². The number of benzene rings is 2. The highest BCUT2D eigenvalue weighted by Gasteiger charge is 2.43. The van der Waals surface area contributed by atoms with Crippen LogP contribution in [-0.2, 0) is 9.47 Å². The van der Waals surface area contributed by atoms with E-state index in [0.29, 0.717) is 35.6 Å². The number of nitrogens with one attached hydrogen (secondary N) is 1. The van der Waals surface area contributed by atoms with Gasteiger partial charge >= 0.3 is 0 Å². The van der Waals surface area contributed by atoms with Crippen LogP contribution in [0, 0.1) is 6.92 Å². The fourth-order valence-corrected chi connectivity index (χ4v) is 4.66. The van der Waals surface area contributed by atoms with E-state index in [9.17, 15) is 0 Å². The van der Waals surface area contributed by atoms with Crippen LogP contribution in [0.2, 0.25) is 5.02 Å². The second kappa shape index (κ2) is 7.89. The maximum Gasteiger partial charge on any atom is 0.296 e. The second-order valence-electron chi connectivity index (χ2n) is 8.33. The third-order valence-corrected chi connectivity index (χ3v) is 6.42. The summed E-state index contributed by atoms with van der Waals surface area (Å²) in [6, 6.07) is 19.0. The van der Waals surface area contributed by atoms with E-state index in [1.165, 1.54) is 11.1 Å². The first-order valence-corrected chi connectivity index (χ1v) is 11.2. The van der Waals surface area contributed by atoms with Crippen LogP contribution < -0.4 is 4.74 Å². The summed E-state index contributed by atoms with van der Waals surface area (Å²) in [5.41, 5.74) is 6.48. The van der Waals surface area contributed by atoms with Crippen LogP contribution in [0.1, 0.15) is 12.0 Å². The lowest BCUT2D eigenvalue weighted by Crippen LogP contribution is -2.32. The molecule has 4 aromatic rings. The Morgan fingerprint density at radius 3 is 2.47 bits per heavy atom. The lowest BCUT2D eigenvalue weighted by molar-refractivity contribution is 0.0273. The largest absolute Gasteiger partial charge is 0.456 e. The van der Waals surface area contributed by atoms with Crippen LogP contribution in [0.15, 0.2) is 54.6 Å². The number of hydrogen-bond donors (Lipinski definition) is 1. The molecule has 0 radical (unpaired) electrons. The van der Waals surface area contributed by atoms with Crippen molar-refractivity contribution in [3.8, 4) is 28.4 Å². The van der Waals surface area contributed by atoms with Crippen molar-refractivity contribution in [2.24, 2.45) is 0 Å². The fourth-order valence-electron chi connectivity index (χ4n) is 4.40. The van der Waals surface area contributed by atoms with Crippen LogP contribution in [-0.4, -0.2) is 46.5 Å². The molecule has 32 heavy (non-hydrogen) atoms. The number of hydrogen-bond acceptors (Lipinski definition) is 5. The number of aromatic nitrogens is 3. The molecular weight excluding hydrogens is 426 g/mol. The summed E-state index contributed by atoms with van der Waals surface area (Å²) in [4.78, 5) is 12.4. The average molecular weight is 448 g/mol. The van der Waals surface area contributed by atoms with Crippen molar-refractivity contribution in [1.29, 1.82) is 0 Å². The van der Waals surface area contributed by atoms with Crippen molar-refractivity contribution in [3.05, 3.63) is 65.2 Å². The van der Waals surface area contributed by atoms with Gasteiger partial charge in [0, 0.05) is 12.2 Å². The lowest BCUT2D eigenvalue weighted by Gasteiger charge is -2.15. The van der Waals surface area contributed by atoms with Gasteiger partial charge in [-0.2, -0.15) is 4.98 Å². The summed E-state index contributed by atoms with van der Waals surface area (Å²) >= 11 is 6.57. The van der Waals surface area contributed by atoms with Gasteiger partial charge < -0.3 is 19.2 Å². The third-order valence-electron chi connectivity index (χ3n) is 6.13. The van der Waals surface area contributed by atoms with E-state index in [2.05, 4.69) is 53.3 Å². The molecule has 0 spiro atoms. The van der Waals surface area contributed by atoms with E-state index in [-0.39, 0.29) is 18.3 Å². The Hall–Kier alpha value is -2.93. The maximum atomic E-state index is 6.57. The summed E-state index contributed by atoms with van der Waals surface area (Å²) in [5.74, 6) is 0. The van der Waals surface area contributed by atoms with E-state index in [0.717, 1.165) is 23.1 Å². The first kappa shape index (κ1) is 19.7. The Morgan fingerprint density at radius 2 is 1.69 bits per heavy atom. The molecule has 0 bridgehead atoms. The highest BCUT2D eigenvalue weighted by Crippen LogP contribution is 2.33. The minimum Gasteiger partial charge on any atom is -0.456 e. The molecular formula is C25H22ClN3O3. The number of nitrogens with zero attached hydrogens (tertiary/aromatic N) is 2. The lowest BCUT2D eigenvalue weighted by atomic mass is 10.0. The number of aromatic amines is 1. The quantitative estimate of drug-likeness (QED) is 0.466. The molecule has 0 saturated carbocycles. The SMILES string of the molecule is Cc1ccc(-c2ccc(-c3nc4nc(O[C@@H]5CO[C@@H]6CCO[C@@H]65)[nH]c4cc3Cl)cc2)cc1. The molecule has 0 unspecified atom stereocenters. The van der Waals surface area contributed by atoms with Crippen LogP contribution in [0.3, 0.4) is 0 Å². The number of imidazole rings is 1.